The van der Waals surface area contributed by atoms with Crippen LogP contribution in [0.5, 0.6) is 0 Å². The minimum atomic E-state index is -0.0470. The Labute approximate surface area is 129 Å². The minimum absolute atomic E-state index is 0.0470. The molecule has 3 nitrogen and oxygen atoms in total. The van der Waals surface area contributed by atoms with Crippen molar-refractivity contribution >= 4 is 0 Å². The van der Waals surface area contributed by atoms with Crippen molar-refractivity contribution in [3.05, 3.63) is 35.4 Å². The van der Waals surface area contributed by atoms with Gasteiger partial charge in [0, 0.05) is 25.7 Å². The summed E-state index contributed by atoms with van der Waals surface area (Å²) >= 11 is 0. The standard InChI is InChI=1S/C18H30N2O/c1-5-16(19)17(15-9-7-14(2)8-10-15)20-12-6-11-18(3,13-20)21-4/h7-10,16-17H,5-6,11-13,19H2,1-4H3. The van der Waals surface area contributed by atoms with Crippen LogP contribution in [0.3, 0.4) is 0 Å². The van der Waals surface area contributed by atoms with Gasteiger partial charge in [-0.2, -0.15) is 0 Å². The van der Waals surface area contributed by atoms with Crippen molar-refractivity contribution in [3.63, 3.8) is 0 Å². The number of ether oxygens (including phenoxy) is 1. The molecule has 0 aliphatic carbocycles. The average Bonchev–Trinajstić information content (AvgIpc) is 2.49. The molecule has 2 rings (SSSR count). The van der Waals surface area contributed by atoms with Gasteiger partial charge in [-0.15, -0.1) is 0 Å². The van der Waals surface area contributed by atoms with Crippen molar-refractivity contribution in [2.24, 2.45) is 5.73 Å². The van der Waals surface area contributed by atoms with Gasteiger partial charge in [-0.3, -0.25) is 4.90 Å². The van der Waals surface area contributed by atoms with Crippen molar-refractivity contribution < 1.29 is 4.74 Å². The fourth-order valence-electron chi connectivity index (χ4n) is 3.36. The van der Waals surface area contributed by atoms with Gasteiger partial charge in [-0.25, -0.2) is 0 Å². The normalized spacial score (nSPS) is 26.5. The summed E-state index contributed by atoms with van der Waals surface area (Å²) in [4.78, 5) is 2.52. The lowest BCUT2D eigenvalue weighted by atomic mass is 9.89. The van der Waals surface area contributed by atoms with E-state index in [1.165, 1.54) is 17.5 Å². The van der Waals surface area contributed by atoms with Crippen LogP contribution in [0.15, 0.2) is 24.3 Å². The van der Waals surface area contributed by atoms with Gasteiger partial charge < -0.3 is 10.5 Å². The number of nitrogens with two attached hydrogens (primary N) is 1. The van der Waals surface area contributed by atoms with Crippen LogP contribution in [0.1, 0.15) is 50.3 Å². The Kier molecular flexibility index (Phi) is 5.42. The molecule has 0 radical (unpaired) electrons. The zero-order chi connectivity index (χ0) is 15.5. The fraction of sp³-hybridized carbons (Fsp3) is 0.667. The van der Waals surface area contributed by atoms with Crippen molar-refractivity contribution in [1.82, 2.24) is 4.90 Å². The van der Waals surface area contributed by atoms with Crippen LogP contribution < -0.4 is 5.73 Å². The summed E-state index contributed by atoms with van der Waals surface area (Å²) in [5.74, 6) is 0. The Morgan fingerprint density at radius 2 is 2.00 bits per heavy atom. The average molecular weight is 290 g/mol. The zero-order valence-corrected chi connectivity index (χ0v) is 13.9. The molecule has 0 aromatic heterocycles. The Balaban J connectivity index is 2.25. The van der Waals surface area contributed by atoms with E-state index < -0.39 is 0 Å². The van der Waals surface area contributed by atoms with Gasteiger partial charge in [0.2, 0.25) is 0 Å². The molecular weight excluding hydrogens is 260 g/mol. The molecule has 0 spiro atoms. The highest BCUT2D eigenvalue weighted by Gasteiger charge is 2.36. The zero-order valence-electron chi connectivity index (χ0n) is 13.9. The summed E-state index contributed by atoms with van der Waals surface area (Å²) in [6.45, 7) is 8.57. The van der Waals surface area contributed by atoms with Crippen molar-refractivity contribution in [3.8, 4) is 0 Å². The first kappa shape index (κ1) is 16.5. The van der Waals surface area contributed by atoms with Crippen LogP contribution in [-0.2, 0) is 4.74 Å². The summed E-state index contributed by atoms with van der Waals surface area (Å²) in [6.07, 6.45) is 3.28. The van der Waals surface area contributed by atoms with Crippen LogP contribution >= 0.6 is 0 Å². The molecule has 3 heteroatoms. The lowest BCUT2D eigenvalue weighted by molar-refractivity contribution is -0.0643. The van der Waals surface area contributed by atoms with E-state index >= 15 is 0 Å². The van der Waals surface area contributed by atoms with Gasteiger partial charge in [0.25, 0.3) is 0 Å². The number of hydrogen-bond donors (Lipinski definition) is 1. The molecule has 3 unspecified atom stereocenters. The summed E-state index contributed by atoms with van der Waals surface area (Å²) < 4.78 is 5.74. The highest BCUT2D eigenvalue weighted by atomic mass is 16.5. The van der Waals surface area contributed by atoms with E-state index in [9.17, 15) is 0 Å². The van der Waals surface area contributed by atoms with E-state index in [0.29, 0.717) is 0 Å². The maximum absolute atomic E-state index is 6.47. The highest BCUT2D eigenvalue weighted by Crippen LogP contribution is 2.32. The van der Waals surface area contributed by atoms with E-state index in [1.54, 1.807) is 0 Å². The van der Waals surface area contributed by atoms with Gasteiger partial charge in [0.05, 0.1) is 5.60 Å². The second-order valence-electron chi connectivity index (χ2n) is 6.66. The Hall–Kier alpha value is -0.900. The molecule has 0 saturated carbocycles. The third-order valence-electron chi connectivity index (χ3n) is 4.87. The van der Waals surface area contributed by atoms with Gasteiger partial charge in [-0.1, -0.05) is 36.8 Å². The van der Waals surface area contributed by atoms with Crippen molar-refractivity contribution in [2.75, 3.05) is 20.2 Å². The molecule has 21 heavy (non-hydrogen) atoms. The number of benzene rings is 1. The molecule has 0 bridgehead atoms. The van der Waals surface area contributed by atoms with Crippen LogP contribution in [0.2, 0.25) is 0 Å². The predicted molar refractivity (Wildman–Crippen MR) is 88.4 cm³/mol. The van der Waals surface area contributed by atoms with Gasteiger partial charge in [-0.05, 0) is 45.2 Å². The lowest BCUT2D eigenvalue weighted by Gasteiger charge is -2.45. The highest BCUT2D eigenvalue weighted by molar-refractivity contribution is 5.25. The van der Waals surface area contributed by atoms with E-state index in [4.69, 9.17) is 10.5 Å². The largest absolute Gasteiger partial charge is 0.377 e. The topological polar surface area (TPSA) is 38.5 Å². The Morgan fingerprint density at radius 3 is 2.57 bits per heavy atom. The molecule has 1 heterocycles. The molecule has 1 saturated heterocycles. The second-order valence-corrected chi connectivity index (χ2v) is 6.66. The van der Waals surface area contributed by atoms with Crippen LogP contribution in [-0.4, -0.2) is 36.7 Å². The summed E-state index contributed by atoms with van der Waals surface area (Å²) in [7, 11) is 1.82. The molecule has 1 aliphatic heterocycles. The fourth-order valence-corrected chi connectivity index (χ4v) is 3.36. The number of nitrogens with zero attached hydrogens (tertiary/aromatic N) is 1. The summed E-state index contributed by atoms with van der Waals surface area (Å²) in [5.41, 5.74) is 9.04. The predicted octanol–water partition coefficient (Wildman–Crippen LogP) is 3.27. The molecule has 118 valence electrons. The monoisotopic (exact) mass is 290 g/mol. The van der Waals surface area contributed by atoms with E-state index in [-0.39, 0.29) is 17.7 Å². The third-order valence-corrected chi connectivity index (χ3v) is 4.87. The number of methoxy groups -OCH3 is 1. The van der Waals surface area contributed by atoms with Gasteiger partial charge in [0.1, 0.15) is 0 Å². The van der Waals surface area contributed by atoms with E-state index in [0.717, 1.165) is 25.9 Å². The second kappa shape index (κ2) is 6.91. The number of likely N-dealkylation sites (tertiary alicyclic amines) is 1. The molecule has 2 N–H and O–H groups in total. The van der Waals surface area contributed by atoms with Crippen molar-refractivity contribution in [1.29, 1.82) is 0 Å². The molecule has 1 fully saturated rings. The third kappa shape index (κ3) is 3.85. The minimum Gasteiger partial charge on any atom is -0.377 e. The number of aryl methyl sites for hydroxylation is 1. The molecule has 3 atom stereocenters. The van der Waals surface area contributed by atoms with Gasteiger partial charge in [0.15, 0.2) is 0 Å². The SMILES string of the molecule is CCC(N)C(c1ccc(C)cc1)N1CCCC(C)(OC)C1. The van der Waals surface area contributed by atoms with E-state index in [1.807, 2.05) is 7.11 Å². The molecule has 0 amide bonds. The first-order chi connectivity index (χ1) is 9.99. The maximum Gasteiger partial charge on any atom is 0.0777 e. The Bertz CT molecular complexity index is 445. The number of rotatable bonds is 5. The van der Waals surface area contributed by atoms with E-state index in [2.05, 4.69) is 49.9 Å². The smallest absolute Gasteiger partial charge is 0.0777 e. The maximum atomic E-state index is 6.47. The van der Waals surface area contributed by atoms with Gasteiger partial charge >= 0.3 is 0 Å². The summed E-state index contributed by atoms with van der Waals surface area (Å²) in [6, 6.07) is 9.27. The van der Waals surface area contributed by atoms with Crippen molar-refractivity contribution in [2.45, 2.75) is 57.7 Å². The first-order valence-electron chi connectivity index (χ1n) is 8.10. The van der Waals surface area contributed by atoms with Crippen LogP contribution in [0.4, 0.5) is 0 Å². The quantitative estimate of drug-likeness (QED) is 0.904. The Morgan fingerprint density at radius 1 is 1.33 bits per heavy atom. The van der Waals surface area contributed by atoms with Crippen LogP contribution in [0.25, 0.3) is 0 Å². The lowest BCUT2D eigenvalue weighted by Crippen LogP contribution is -2.52. The van der Waals surface area contributed by atoms with Crippen LogP contribution in [0, 0.1) is 6.92 Å². The summed E-state index contributed by atoms with van der Waals surface area (Å²) in [5, 5.41) is 0. The molecule has 1 aromatic carbocycles. The molecule has 1 aromatic rings. The number of hydrogen-bond acceptors (Lipinski definition) is 3. The number of piperidine rings is 1. The first-order valence-corrected chi connectivity index (χ1v) is 8.10. The molecule has 1 aliphatic rings. The molecular formula is C18H30N2O.